The average Bonchev–Trinajstić information content (AvgIpc) is 2.90. The first-order chi connectivity index (χ1) is 10.2. The molecule has 4 nitrogen and oxygen atoms in total. The molecule has 4 heteroatoms. The van der Waals surface area contributed by atoms with Crippen LogP contribution in [-0.4, -0.2) is 18.1 Å². The van der Waals surface area contributed by atoms with Crippen molar-refractivity contribution >= 4 is 22.6 Å². The zero-order valence-corrected chi connectivity index (χ0v) is 12.0. The smallest absolute Gasteiger partial charge is 0.232 e. The van der Waals surface area contributed by atoms with Gasteiger partial charge in [-0.2, -0.15) is 0 Å². The fourth-order valence-electron chi connectivity index (χ4n) is 2.40. The second kappa shape index (κ2) is 5.40. The van der Waals surface area contributed by atoms with E-state index in [0.717, 1.165) is 16.6 Å². The van der Waals surface area contributed by atoms with Gasteiger partial charge in [-0.15, -0.1) is 0 Å². The number of likely N-dealkylation sites (N-methyl/N-ethyl adjacent to an activating group) is 1. The third kappa shape index (κ3) is 2.52. The molecule has 0 aliphatic rings. The normalized spacial score (nSPS) is 10.8. The van der Waals surface area contributed by atoms with E-state index >= 15 is 0 Å². The van der Waals surface area contributed by atoms with Crippen LogP contribution in [0, 0.1) is 6.92 Å². The average molecular weight is 280 g/mol. The SMILES string of the molecule is Cc1ccccc1N(C)C(=O)Cc1noc2ccccc12. The van der Waals surface area contributed by atoms with E-state index in [2.05, 4.69) is 5.16 Å². The summed E-state index contributed by atoms with van der Waals surface area (Å²) in [5.74, 6) is -0.0108. The minimum absolute atomic E-state index is 0.0108. The van der Waals surface area contributed by atoms with E-state index in [9.17, 15) is 4.79 Å². The number of aryl methyl sites for hydroxylation is 1. The molecule has 0 N–H and O–H groups in total. The van der Waals surface area contributed by atoms with Gasteiger partial charge in [-0.25, -0.2) is 0 Å². The van der Waals surface area contributed by atoms with Crippen LogP contribution in [0.3, 0.4) is 0 Å². The predicted molar refractivity (Wildman–Crippen MR) is 82.3 cm³/mol. The first kappa shape index (κ1) is 13.4. The molecule has 0 fully saturated rings. The number of carbonyl (C=O) groups is 1. The molecule has 0 radical (unpaired) electrons. The van der Waals surface area contributed by atoms with E-state index in [1.54, 1.807) is 11.9 Å². The summed E-state index contributed by atoms with van der Waals surface area (Å²) in [6.07, 6.45) is 0.224. The highest BCUT2D eigenvalue weighted by Crippen LogP contribution is 2.21. The number of anilines is 1. The van der Waals surface area contributed by atoms with Gasteiger partial charge in [-0.1, -0.05) is 35.5 Å². The Morgan fingerprint density at radius 1 is 1.14 bits per heavy atom. The Labute approximate surface area is 123 Å². The second-order valence-corrected chi connectivity index (χ2v) is 5.04. The maximum absolute atomic E-state index is 12.5. The number of para-hydroxylation sites is 2. The molecule has 2 aromatic carbocycles. The van der Waals surface area contributed by atoms with Gasteiger partial charge in [-0.05, 0) is 30.7 Å². The lowest BCUT2D eigenvalue weighted by Gasteiger charge is -2.18. The number of benzene rings is 2. The zero-order chi connectivity index (χ0) is 14.8. The fourth-order valence-corrected chi connectivity index (χ4v) is 2.40. The molecule has 0 aliphatic carbocycles. The van der Waals surface area contributed by atoms with Gasteiger partial charge in [0.1, 0.15) is 5.69 Å². The van der Waals surface area contributed by atoms with Crippen molar-refractivity contribution < 1.29 is 9.32 Å². The monoisotopic (exact) mass is 280 g/mol. The molecule has 1 amide bonds. The Balaban J connectivity index is 1.85. The number of carbonyl (C=O) groups excluding carboxylic acids is 1. The summed E-state index contributed by atoms with van der Waals surface area (Å²) >= 11 is 0. The van der Waals surface area contributed by atoms with Crippen LogP contribution in [-0.2, 0) is 11.2 Å². The maximum atomic E-state index is 12.5. The lowest BCUT2D eigenvalue weighted by atomic mass is 10.1. The Morgan fingerprint density at radius 3 is 2.67 bits per heavy atom. The maximum Gasteiger partial charge on any atom is 0.232 e. The zero-order valence-electron chi connectivity index (χ0n) is 12.0. The van der Waals surface area contributed by atoms with Crippen molar-refractivity contribution in [2.45, 2.75) is 13.3 Å². The topological polar surface area (TPSA) is 46.3 Å². The predicted octanol–water partition coefficient (Wildman–Crippen LogP) is 3.34. The first-order valence-electron chi connectivity index (χ1n) is 6.82. The van der Waals surface area contributed by atoms with E-state index in [1.165, 1.54) is 0 Å². The molecule has 0 atom stereocenters. The van der Waals surface area contributed by atoms with Crippen LogP contribution < -0.4 is 4.90 Å². The number of hydrogen-bond donors (Lipinski definition) is 0. The van der Waals surface area contributed by atoms with Crippen LogP contribution in [0.2, 0.25) is 0 Å². The first-order valence-corrected chi connectivity index (χ1v) is 6.82. The van der Waals surface area contributed by atoms with E-state index in [1.807, 2.05) is 55.5 Å². The Morgan fingerprint density at radius 2 is 1.86 bits per heavy atom. The van der Waals surface area contributed by atoms with E-state index in [-0.39, 0.29) is 12.3 Å². The molecule has 1 aromatic heterocycles. The van der Waals surface area contributed by atoms with Gasteiger partial charge >= 0.3 is 0 Å². The van der Waals surface area contributed by atoms with Crippen LogP contribution in [0.25, 0.3) is 11.0 Å². The van der Waals surface area contributed by atoms with E-state index in [4.69, 9.17) is 4.52 Å². The number of hydrogen-bond acceptors (Lipinski definition) is 3. The standard InChI is InChI=1S/C17H16N2O2/c1-12-7-3-5-9-15(12)19(2)17(20)11-14-13-8-4-6-10-16(13)21-18-14/h3-10H,11H2,1-2H3. The van der Waals surface area contributed by atoms with E-state index in [0.29, 0.717) is 11.3 Å². The molecule has 0 saturated carbocycles. The highest BCUT2D eigenvalue weighted by Gasteiger charge is 2.17. The summed E-state index contributed by atoms with van der Waals surface area (Å²) in [5.41, 5.74) is 3.36. The van der Waals surface area contributed by atoms with Gasteiger partial charge in [0, 0.05) is 18.1 Å². The summed E-state index contributed by atoms with van der Waals surface area (Å²) in [4.78, 5) is 14.1. The summed E-state index contributed by atoms with van der Waals surface area (Å²) in [6, 6.07) is 15.4. The Hall–Kier alpha value is -2.62. The van der Waals surface area contributed by atoms with Crippen molar-refractivity contribution in [1.29, 1.82) is 0 Å². The molecular formula is C17H16N2O2. The van der Waals surface area contributed by atoms with Gasteiger partial charge in [0.05, 0.1) is 6.42 Å². The highest BCUT2D eigenvalue weighted by atomic mass is 16.5. The summed E-state index contributed by atoms with van der Waals surface area (Å²) in [5, 5.41) is 4.90. The molecule has 0 aliphatic heterocycles. The second-order valence-electron chi connectivity index (χ2n) is 5.04. The third-order valence-electron chi connectivity index (χ3n) is 3.62. The van der Waals surface area contributed by atoms with Crippen LogP contribution >= 0.6 is 0 Å². The molecule has 3 aromatic rings. The molecule has 0 spiro atoms. The lowest BCUT2D eigenvalue weighted by molar-refractivity contribution is -0.117. The summed E-state index contributed by atoms with van der Waals surface area (Å²) in [6.45, 7) is 1.99. The molecular weight excluding hydrogens is 264 g/mol. The van der Waals surface area contributed by atoms with Crippen LogP contribution in [0.15, 0.2) is 53.1 Å². The Bertz CT molecular complexity index is 792. The highest BCUT2D eigenvalue weighted by molar-refractivity contribution is 5.96. The minimum Gasteiger partial charge on any atom is -0.356 e. The minimum atomic E-state index is -0.0108. The molecule has 106 valence electrons. The molecule has 1 heterocycles. The van der Waals surface area contributed by atoms with Crippen molar-refractivity contribution in [2.75, 3.05) is 11.9 Å². The van der Waals surface area contributed by atoms with Crippen LogP contribution in [0.5, 0.6) is 0 Å². The van der Waals surface area contributed by atoms with Crippen LogP contribution in [0.1, 0.15) is 11.3 Å². The van der Waals surface area contributed by atoms with E-state index < -0.39 is 0 Å². The number of amides is 1. The number of fused-ring (bicyclic) bond motifs is 1. The largest absolute Gasteiger partial charge is 0.356 e. The lowest BCUT2D eigenvalue weighted by Crippen LogP contribution is -2.28. The molecule has 3 rings (SSSR count). The molecule has 21 heavy (non-hydrogen) atoms. The van der Waals surface area contributed by atoms with Crippen LogP contribution in [0.4, 0.5) is 5.69 Å². The molecule has 0 saturated heterocycles. The molecule has 0 unspecified atom stereocenters. The number of rotatable bonds is 3. The molecule has 0 bridgehead atoms. The number of nitrogens with zero attached hydrogens (tertiary/aromatic N) is 2. The van der Waals surface area contributed by atoms with Gasteiger partial charge in [-0.3, -0.25) is 4.79 Å². The van der Waals surface area contributed by atoms with Gasteiger partial charge in [0.25, 0.3) is 0 Å². The van der Waals surface area contributed by atoms with Crippen molar-refractivity contribution in [3.05, 3.63) is 59.8 Å². The summed E-state index contributed by atoms with van der Waals surface area (Å²) in [7, 11) is 1.78. The Kier molecular flexibility index (Phi) is 3.44. The fraction of sp³-hybridized carbons (Fsp3) is 0.176. The van der Waals surface area contributed by atoms with Crippen molar-refractivity contribution in [2.24, 2.45) is 0 Å². The van der Waals surface area contributed by atoms with Crippen molar-refractivity contribution in [3.63, 3.8) is 0 Å². The van der Waals surface area contributed by atoms with Gasteiger partial charge in [0.2, 0.25) is 5.91 Å². The quantitative estimate of drug-likeness (QED) is 0.739. The summed E-state index contributed by atoms with van der Waals surface area (Å²) < 4.78 is 5.24. The van der Waals surface area contributed by atoms with Crippen molar-refractivity contribution in [1.82, 2.24) is 5.16 Å². The van der Waals surface area contributed by atoms with Crippen molar-refractivity contribution in [3.8, 4) is 0 Å². The van der Waals surface area contributed by atoms with Gasteiger partial charge < -0.3 is 9.42 Å². The third-order valence-corrected chi connectivity index (χ3v) is 3.62. The number of aromatic nitrogens is 1. The van der Waals surface area contributed by atoms with Gasteiger partial charge in [0.15, 0.2) is 5.58 Å².